The predicted molar refractivity (Wildman–Crippen MR) is 141 cm³/mol. The molecule has 0 aromatic heterocycles. The fourth-order valence-electron chi connectivity index (χ4n) is 9.64. The zero-order chi connectivity index (χ0) is 26.1. The number of allylic oxidation sites excluding steroid dienone is 1. The van der Waals surface area contributed by atoms with E-state index in [1.54, 1.807) is 12.5 Å². The lowest BCUT2D eigenvalue weighted by Gasteiger charge is -2.63. The number of hydrogen-bond acceptors (Lipinski definition) is 3. The van der Waals surface area contributed by atoms with Crippen molar-refractivity contribution in [1.82, 2.24) is 0 Å². The molecule has 4 heteroatoms. The fraction of sp³-hybridized carbons (Fsp3) is 0.839. The van der Waals surface area contributed by atoms with Crippen LogP contribution in [0.15, 0.2) is 23.3 Å². The Morgan fingerprint density at radius 3 is 2.29 bits per heavy atom. The molecule has 2 saturated carbocycles. The molecule has 0 aromatic carbocycles. The molecule has 4 aliphatic rings. The Bertz CT molecular complexity index is 917. The summed E-state index contributed by atoms with van der Waals surface area (Å²) in [4.78, 5) is 11.4. The third kappa shape index (κ3) is 3.71. The Morgan fingerprint density at radius 1 is 1.00 bits per heavy atom. The molecule has 0 spiro atoms. The van der Waals surface area contributed by atoms with Gasteiger partial charge in [-0.1, -0.05) is 64.8 Å². The molecule has 0 radical (unpaired) electrons. The van der Waals surface area contributed by atoms with E-state index < -0.39 is 11.9 Å². The van der Waals surface area contributed by atoms with Crippen LogP contribution in [0.3, 0.4) is 0 Å². The Hall–Kier alpha value is -1.13. The highest BCUT2D eigenvalue weighted by atomic mass is 16.4. The van der Waals surface area contributed by atoms with E-state index >= 15 is 0 Å². The summed E-state index contributed by atoms with van der Waals surface area (Å²) in [6, 6.07) is 0. The lowest BCUT2D eigenvalue weighted by Crippen LogP contribution is -2.58. The summed E-state index contributed by atoms with van der Waals surface area (Å²) < 4.78 is 0. The maximum atomic E-state index is 11.9. The lowest BCUT2D eigenvalue weighted by molar-refractivity contribution is -0.139. The van der Waals surface area contributed by atoms with Crippen molar-refractivity contribution in [2.45, 2.75) is 118 Å². The van der Waals surface area contributed by atoms with Gasteiger partial charge in [0.25, 0.3) is 0 Å². The van der Waals surface area contributed by atoms with Crippen LogP contribution in [-0.2, 0) is 4.79 Å². The number of carboxylic acids is 1. The molecule has 4 nitrogen and oxygen atoms in total. The molecule has 3 N–H and O–H groups in total. The molecular weight excluding hydrogens is 436 g/mol. The van der Waals surface area contributed by atoms with E-state index in [4.69, 9.17) is 0 Å². The van der Waals surface area contributed by atoms with Gasteiger partial charge >= 0.3 is 5.97 Å². The summed E-state index contributed by atoms with van der Waals surface area (Å²) in [6.45, 7) is 19.8. The van der Waals surface area contributed by atoms with Gasteiger partial charge in [0, 0.05) is 5.41 Å². The van der Waals surface area contributed by atoms with Crippen LogP contribution in [0.1, 0.15) is 106 Å². The molecule has 35 heavy (non-hydrogen) atoms. The molecule has 2 fully saturated rings. The minimum absolute atomic E-state index is 0.00151. The van der Waals surface area contributed by atoms with Gasteiger partial charge in [-0.3, -0.25) is 4.79 Å². The number of aliphatic carboxylic acids is 1. The first-order valence-corrected chi connectivity index (χ1v) is 14.1. The van der Waals surface area contributed by atoms with Gasteiger partial charge in [-0.15, -0.1) is 0 Å². The van der Waals surface area contributed by atoms with Gasteiger partial charge in [0.05, 0.1) is 18.1 Å². The first-order chi connectivity index (χ1) is 16.1. The van der Waals surface area contributed by atoms with Crippen LogP contribution in [0.4, 0.5) is 0 Å². The second kappa shape index (κ2) is 8.72. The van der Waals surface area contributed by atoms with Crippen molar-refractivity contribution >= 4 is 5.97 Å². The first kappa shape index (κ1) is 26.9. The van der Waals surface area contributed by atoms with Crippen molar-refractivity contribution < 1.29 is 20.1 Å². The fourth-order valence-corrected chi connectivity index (χ4v) is 9.64. The van der Waals surface area contributed by atoms with E-state index in [9.17, 15) is 20.1 Å². The Balaban J connectivity index is 1.63. The molecule has 0 bridgehead atoms. The van der Waals surface area contributed by atoms with Crippen molar-refractivity contribution in [2.75, 3.05) is 0 Å². The Kier molecular flexibility index (Phi) is 6.71. The SMILES string of the molecule is C=C(CC[C@@H](C)[C@H]1CC[C@@]2(C)C3=C(C[C@H](O)[C@]12C)[C@@]1(C)CC[C@@H](O)C(C)(C)[C@@H]1CC3)[C@H](C)C(=O)O. The zero-order valence-electron chi connectivity index (χ0n) is 23.3. The third-order valence-electron chi connectivity index (χ3n) is 12.5. The van der Waals surface area contributed by atoms with E-state index in [1.807, 2.05) is 0 Å². The predicted octanol–water partition coefficient (Wildman–Crippen LogP) is 6.76. The quantitative estimate of drug-likeness (QED) is 0.362. The molecule has 0 unspecified atom stereocenters. The molecule has 0 heterocycles. The van der Waals surface area contributed by atoms with E-state index in [2.05, 4.69) is 48.1 Å². The lowest BCUT2D eigenvalue weighted by atomic mass is 9.42. The van der Waals surface area contributed by atoms with Crippen LogP contribution >= 0.6 is 0 Å². The van der Waals surface area contributed by atoms with Gasteiger partial charge in [0.15, 0.2) is 0 Å². The highest BCUT2D eigenvalue weighted by Gasteiger charge is 2.66. The van der Waals surface area contributed by atoms with Gasteiger partial charge in [-0.25, -0.2) is 0 Å². The van der Waals surface area contributed by atoms with Crippen LogP contribution in [0.25, 0.3) is 0 Å². The highest BCUT2D eigenvalue weighted by Crippen LogP contribution is 2.72. The maximum Gasteiger partial charge on any atom is 0.310 e. The van der Waals surface area contributed by atoms with Crippen molar-refractivity contribution in [2.24, 2.45) is 45.3 Å². The number of aliphatic hydroxyl groups is 2. The summed E-state index contributed by atoms with van der Waals surface area (Å²) >= 11 is 0. The molecule has 0 aliphatic heterocycles. The summed E-state index contributed by atoms with van der Waals surface area (Å²) in [6.07, 6.45) is 8.15. The summed E-state index contributed by atoms with van der Waals surface area (Å²) in [5.74, 6) is -0.0238. The van der Waals surface area contributed by atoms with Gasteiger partial charge in [0.2, 0.25) is 0 Å². The summed E-state index contributed by atoms with van der Waals surface area (Å²) in [7, 11) is 0. The smallest absolute Gasteiger partial charge is 0.310 e. The average molecular weight is 487 g/mol. The van der Waals surface area contributed by atoms with Crippen LogP contribution < -0.4 is 0 Å². The summed E-state index contributed by atoms with van der Waals surface area (Å²) in [5, 5.41) is 32.1. The molecule has 0 amide bonds. The Morgan fingerprint density at radius 2 is 1.66 bits per heavy atom. The van der Waals surface area contributed by atoms with E-state index in [0.29, 0.717) is 17.8 Å². The average Bonchev–Trinajstić information content (AvgIpc) is 3.08. The van der Waals surface area contributed by atoms with Crippen LogP contribution in [0.2, 0.25) is 0 Å². The minimum atomic E-state index is -0.798. The van der Waals surface area contributed by atoms with Crippen molar-refractivity contribution in [3.63, 3.8) is 0 Å². The second-order valence-electron chi connectivity index (χ2n) is 14.1. The number of carboxylic acid groups (broad SMARTS) is 1. The maximum absolute atomic E-state index is 11.9. The van der Waals surface area contributed by atoms with Crippen molar-refractivity contribution in [1.29, 1.82) is 0 Å². The van der Waals surface area contributed by atoms with Crippen molar-refractivity contribution in [3.8, 4) is 0 Å². The number of hydrogen-bond donors (Lipinski definition) is 3. The van der Waals surface area contributed by atoms with Crippen LogP contribution in [0.5, 0.6) is 0 Å². The van der Waals surface area contributed by atoms with Gasteiger partial charge in [-0.2, -0.15) is 0 Å². The third-order valence-corrected chi connectivity index (χ3v) is 12.5. The first-order valence-electron chi connectivity index (χ1n) is 14.1. The molecule has 0 aromatic rings. The van der Waals surface area contributed by atoms with Crippen molar-refractivity contribution in [3.05, 3.63) is 23.3 Å². The van der Waals surface area contributed by atoms with Gasteiger partial charge in [0.1, 0.15) is 0 Å². The van der Waals surface area contributed by atoms with Gasteiger partial charge < -0.3 is 15.3 Å². The Labute approximate surface area is 213 Å². The van der Waals surface area contributed by atoms with E-state index in [-0.39, 0.29) is 33.9 Å². The highest BCUT2D eigenvalue weighted by molar-refractivity contribution is 5.72. The number of rotatable bonds is 6. The second-order valence-corrected chi connectivity index (χ2v) is 14.1. The van der Waals surface area contributed by atoms with E-state index in [0.717, 1.165) is 63.4 Å². The molecule has 4 rings (SSSR count). The largest absolute Gasteiger partial charge is 0.481 e. The molecule has 0 saturated heterocycles. The monoisotopic (exact) mass is 486 g/mol. The molecular formula is C31H50O4. The van der Waals surface area contributed by atoms with Crippen LogP contribution in [-0.4, -0.2) is 33.5 Å². The van der Waals surface area contributed by atoms with E-state index in [1.165, 1.54) is 5.57 Å². The zero-order valence-corrected chi connectivity index (χ0v) is 23.3. The topological polar surface area (TPSA) is 77.8 Å². The number of carbonyl (C=O) groups is 1. The van der Waals surface area contributed by atoms with Gasteiger partial charge in [-0.05, 0) is 98.7 Å². The number of fused-ring (bicyclic) bond motifs is 4. The standard InChI is InChI=1S/C31H50O4/c1-18(20(3)27(34)35)9-10-19(2)21-13-16-30(7)22-11-12-24-28(4,5)25(32)14-15-29(24,6)23(22)17-26(33)31(21,30)8/h19-21,24-26,32-33H,1,9-17H2,2-8H3,(H,34,35)/t19-,20+,21-,24+,25-,26+,29-,30+,31+/m1/s1. The minimum Gasteiger partial charge on any atom is -0.481 e. The van der Waals surface area contributed by atoms with Crippen LogP contribution in [0, 0.1) is 45.3 Å². The molecule has 4 aliphatic carbocycles. The summed E-state index contributed by atoms with van der Waals surface area (Å²) in [5.41, 5.74) is 3.76. The number of aliphatic hydroxyl groups excluding tert-OH is 2. The normalized spacial score (nSPS) is 44.1. The molecule has 198 valence electrons. The molecule has 9 atom stereocenters.